The van der Waals surface area contributed by atoms with Crippen molar-refractivity contribution in [2.24, 2.45) is 0 Å². The second kappa shape index (κ2) is 14.7. The first-order valence-electron chi connectivity index (χ1n) is 20.7. The number of aromatic nitrogens is 3. The molecule has 0 radical (unpaired) electrons. The summed E-state index contributed by atoms with van der Waals surface area (Å²) in [6, 6.07) is 73.4. The topological polar surface area (TPSA) is 65.0 Å². The Bertz CT molecular complexity index is 3530. The Balaban J connectivity index is 0.973. The molecule has 0 atom stereocenters. The maximum atomic E-state index is 6.71. The quantitative estimate of drug-likeness (QED) is 0.161. The number of nitrogens with zero attached hydrogens (tertiary/aromatic N) is 3. The Morgan fingerprint density at radius 1 is 0.258 bits per heavy atom. The molecule has 0 aliphatic rings. The van der Waals surface area contributed by atoms with E-state index in [1.165, 1.54) is 0 Å². The predicted octanol–water partition coefficient (Wildman–Crippen LogP) is 15.3. The van der Waals surface area contributed by atoms with Crippen molar-refractivity contribution in [3.8, 4) is 78.7 Å². The molecule has 0 spiro atoms. The largest absolute Gasteiger partial charge is 0.456 e. The maximum Gasteiger partial charge on any atom is 0.164 e. The molecule has 5 heteroatoms. The fraction of sp³-hybridized carbons (Fsp3) is 0. The molecule has 0 unspecified atom stereocenters. The highest BCUT2D eigenvalue weighted by atomic mass is 16.3. The van der Waals surface area contributed by atoms with E-state index in [9.17, 15) is 0 Å². The van der Waals surface area contributed by atoms with Crippen LogP contribution in [0.5, 0.6) is 0 Å². The minimum absolute atomic E-state index is 0.600. The SMILES string of the molecule is c1ccc(-c2cccc(-c3nc(-c4ccc(-c5ccc(-c6ccc7oc8ccccc8c7c6)c6oc7ccccc7c56)cc4)nc(-c4cccc(-c5ccccc5)c4)n3)c2)cc1. The molecule has 9 aromatic carbocycles. The molecule has 0 amide bonds. The van der Waals surface area contributed by atoms with Gasteiger partial charge in [-0.2, -0.15) is 0 Å². The number of benzene rings is 9. The van der Waals surface area contributed by atoms with Crippen LogP contribution >= 0.6 is 0 Å². The van der Waals surface area contributed by atoms with E-state index < -0.39 is 0 Å². The molecule has 12 aromatic rings. The molecule has 3 heterocycles. The summed E-state index contributed by atoms with van der Waals surface area (Å²) in [5.41, 5.74) is 14.9. The Morgan fingerprint density at radius 2 is 0.726 bits per heavy atom. The summed E-state index contributed by atoms with van der Waals surface area (Å²) in [5.74, 6) is 1.82. The monoisotopic (exact) mass is 793 g/mol. The Labute approximate surface area is 357 Å². The molecule has 12 rings (SSSR count). The molecule has 0 saturated carbocycles. The zero-order valence-corrected chi connectivity index (χ0v) is 33.4. The molecule has 0 aliphatic carbocycles. The summed E-state index contributed by atoms with van der Waals surface area (Å²) in [6.45, 7) is 0. The molecule has 0 fully saturated rings. The zero-order chi connectivity index (χ0) is 41.0. The van der Waals surface area contributed by atoms with Crippen LogP contribution in [-0.2, 0) is 0 Å². The van der Waals surface area contributed by atoms with Crippen molar-refractivity contribution in [2.75, 3.05) is 0 Å². The van der Waals surface area contributed by atoms with Gasteiger partial charge in [0.05, 0.1) is 0 Å². The van der Waals surface area contributed by atoms with E-state index in [0.717, 1.165) is 105 Å². The van der Waals surface area contributed by atoms with Gasteiger partial charge in [0.25, 0.3) is 0 Å². The van der Waals surface area contributed by atoms with Crippen LogP contribution in [0, 0.1) is 0 Å². The van der Waals surface area contributed by atoms with Crippen molar-refractivity contribution < 1.29 is 8.83 Å². The molecule has 0 bridgehead atoms. The van der Waals surface area contributed by atoms with Crippen LogP contribution in [0.2, 0.25) is 0 Å². The third-order valence-electron chi connectivity index (χ3n) is 11.8. The number of furan rings is 2. The maximum absolute atomic E-state index is 6.71. The predicted molar refractivity (Wildman–Crippen MR) is 252 cm³/mol. The first kappa shape index (κ1) is 35.5. The molecule has 3 aromatic heterocycles. The second-order valence-electron chi connectivity index (χ2n) is 15.5. The normalized spacial score (nSPS) is 11.5. The number of rotatable bonds is 7. The summed E-state index contributed by atoms with van der Waals surface area (Å²) in [4.78, 5) is 15.4. The number of fused-ring (bicyclic) bond motifs is 6. The molecule has 62 heavy (non-hydrogen) atoms. The van der Waals surface area contributed by atoms with Crippen LogP contribution in [0.25, 0.3) is 123 Å². The zero-order valence-electron chi connectivity index (χ0n) is 33.4. The van der Waals surface area contributed by atoms with Crippen LogP contribution in [0.4, 0.5) is 0 Å². The van der Waals surface area contributed by atoms with Crippen molar-refractivity contribution in [3.63, 3.8) is 0 Å². The average molecular weight is 794 g/mol. The van der Waals surface area contributed by atoms with Gasteiger partial charge in [-0.05, 0) is 81.4 Å². The standard InChI is InChI=1S/C57H35N3O2/c1-3-13-36(14-4-1)40-17-11-19-43(33-40)56-58-55(59-57(60-56)44-20-12-18-41(34-44)37-15-5-2-6-16-37)39-27-25-38(26-28-39)45-30-31-46(54-53(45)48-22-8-10-24-51(48)62-54)42-29-32-52-49(35-42)47-21-7-9-23-50(47)61-52/h1-35H. The highest BCUT2D eigenvalue weighted by molar-refractivity contribution is 6.17. The van der Waals surface area contributed by atoms with Gasteiger partial charge in [0.1, 0.15) is 22.3 Å². The summed E-state index contributed by atoms with van der Waals surface area (Å²) >= 11 is 0. The molecular weight excluding hydrogens is 759 g/mol. The third-order valence-corrected chi connectivity index (χ3v) is 11.8. The molecule has 5 nitrogen and oxygen atoms in total. The highest BCUT2D eigenvalue weighted by Crippen LogP contribution is 2.43. The van der Waals surface area contributed by atoms with Crippen molar-refractivity contribution in [3.05, 3.63) is 212 Å². The lowest BCUT2D eigenvalue weighted by Gasteiger charge is -2.12. The Morgan fingerprint density at radius 3 is 1.37 bits per heavy atom. The fourth-order valence-electron chi connectivity index (χ4n) is 8.69. The van der Waals surface area contributed by atoms with Gasteiger partial charge in [-0.15, -0.1) is 0 Å². The molecule has 0 saturated heterocycles. The van der Waals surface area contributed by atoms with Gasteiger partial charge < -0.3 is 8.83 Å². The van der Waals surface area contributed by atoms with Crippen LogP contribution in [0.1, 0.15) is 0 Å². The molecule has 0 N–H and O–H groups in total. The van der Waals surface area contributed by atoms with Crippen molar-refractivity contribution >= 4 is 43.9 Å². The minimum atomic E-state index is 0.600. The number of hydrogen-bond acceptors (Lipinski definition) is 5. The summed E-state index contributed by atoms with van der Waals surface area (Å²) in [6.07, 6.45) is 0. The second-order valence-corrected chi connectivity index (χ2v) is 15.5. The molecule has 0 aliphatic heterocycles. The fourth-order valence-corrected chi connectivity index (χ4v) is 8.69. The highest BCUT2D eigenvalue weighted by Gasteiger charge is 2.19. The van der Waals surface area contributed by atoms with Crippen molar-refractivity contribution in [1.82, 2.24) is 15.0 Å². The van der Waals surface area contributed by atoms with Crippen LogP contribution in [0.15, 0.2) is 221 Å². The third kappa shape index (κ3) is 6.23. The van der Waals surface area contributed by atoms with Gasteiger partial charge in [0.15, 0.2) is 17.5 Å². The lowest BCUT2D eigenvalue weighted by Crippen LogP contribution is -2.00. The first-order valence-corrected chi connectivity index (χ1v) is 20.7. The minimum Gasteiger partial charge on any atom is -0.456 e. The summed E-state index contributed by atoms with van der Waals surface area (Å²) < 4.78 is 12.9. The van der Waals surface area contributed by atoms with Crippen molar-refractivity contribution in [2.45, 2.75) is 0 Å². The number of para-hydroxylation sites is 2. The van der Waals surface area contributed by atoms with Gasteiger partial charge >= 0.3 is 0 Å². The van der Waals surface area contributed by atoms with Gasteiger partial charge in [0.2, 0.25) is 0 Å². The van der Waals surface area contributed by atoms with E-state index in [-0.39, 0.29) is 0 Å². The van der Waals surface area contributed by atoms with E-state index in [1.54, 1.807) is 0 Å². The van der Waals surface area contributed by atoms with Gasteiger partial charge in [0, 0.05) is 43.8 Å². The lowest BCUT2D eigenvalue weighted by molar-refractivity contribution is 0.668. The van der Waals surface area contributed by atoms with Gasteiger partial charge in [-0.25, -0.2) is 15.0 Å². The van der Waals surface area contributed by atoms with Gasteiger partial charge in [-0.1, -0.05) is 170 Å². The summed E-state index contributed by atoms with van der Waals surface area (Å²) in [7, 11) is 0. The van der Waals surface area contributed by atoms with E-state index in [2.05, 4.69) is 176 Å². The van der Waals surface area contributed by atoms with Crippen molar-refractivity contribution in [1.29, 1.82) is 0 Å². The Kier molecular flexibility index (Phi) is 8.42. The number of hydrogen-bond donors (Lipinski definition) is 0. The van der Waals surface area contributed by atoms with E-state index in [4.69, 9.17) is 23.8 Å². The smallest absolute Gasteiger partial charge is 0.164 e. The van der Waals surface area contributed by atoms with Crippen LogP contribution in [-0.4, -0.2) is 15.0 Å². The van der Waals surface area contributed by atoms with E-state index >= 15 is 0 Å². The Hall–Kier alpha value is -8.41. The molecule has 290 valence electrons. The lowest BCUT2D eigenvalue weighted by atomic mass is 9.93. The average Bonchev–Trinajstić information content (AvgIpc) is 3.93. The summed E-state index contributed by atoms with van der Waals surface area (Å²) in [5, 5.41) is 4.32. The first-order chi connectivity index (χ1) is 30.7. The van der Waals surface area contributed by atoms with Gasteiger partial charge in [-0.3, -0.25) is 0 Å². The van der Waals surface area contributed by atoms with E-state index in [1.807, 2.05) is 36.4 Å². The van der Waals surface area contributed by atoms with Crippen LogP contribution in [0.3, 0.4) is 0 Å². The van der Waals surface area contributed by atoms with E-state index in [0.29, 0.717) is 17.5 Å². The molecular formula is C57H35N3O2. The van der Waals surface area contributed by atoms with Crippen LogP contribution < -0.4 is 0 Å².